The van der Waals surface area contributed by atoms with Gasteiger partial charge in [-0.15, -0.1) is 11.3 Å². The van der Waals surface area contributed by atoms with E-state index in [0.29, 0.717) is 0 Å². The van der Waals surface area contributed by atoms with Crippen molar-refractivity contribution in [3.63, 3.8) is 0 Å². The number of carbonyl (C=O) groups excluding carboxylic acids is 1. The van der Waals surface area contributed by atoms with Crippen LogP contribution in [0.4, 0.5) is 4.39 Å². The van der Waals surface area contributed by atoms with Crippen molar-refractivity contribution in [2.24, 2.45) is 5.41 Å². The first-order valence-electron chi connectivity index (χ1n) is 10.4. The fraction of sp³-hybridized carbons (Fsp3) is 0.458. The maximum atomic E-state index is 13.7. The summed E-state index contributed by atoms with van der Waals surface area (Å²) < 4.78 is 13.7. The third kappa shape index (κ3) is 4.03. The molecule has 1 saturated carbocycles. The minimum atomic E-state index is -0.107. The SMILES string of the molecule is CN(C)C1(c2ccc(F)s2)CCC2(CCN(C(=O)/C=C/c3ccccc3)C2)CC1. The van der Waals surface area contributed by atoms with Crippen LogP contribution in [0.3, 0.4) is 0 Å². The van der Waals surface area contributed by atoms with Gasteiger partial charge in [0.2, 0.25) is 5.91 Å². The molecule has 29 heavy (non-hydrogen) atoms. The number of amides is 1. The zero-order valence-corrected chi connectivity index (χ0v) is 18.1. The molecule has 0 radical (unpaired) electrons. The van der Waals surface area contributed by atoms with Crippen molar-refractivity contribution < 1.29 is 9.18 Å². The fourth-order valence-corrected chi connectivity index (χ4v) is 6.10. The van der Waals surface area contributed by atoms with Gasteiger partial charge in [0, 0.05) is 24.0 Å². The minimum absolute atomic E-state index is 0.0785. The lowest BCUT2D eigenvalue weighted by Crippen LogP contribution is -2.47. The van der Waals surface area contributed by atoms with Crippen LogP contribution in [0.25, 0.3) is 6.08 Å². The predicted molar refractivity (Wildman–Crippen MR) is 117 cm³/mol. The van der Waals surface area contributed by atoms with Crippen LogP contribution in [0.5, 0.6) is 0 Å². The van der Waals surface area contributed by atoms with Crippen LogP contribution in [-0.2, 0) is 10.3 Å². The minimum Gasteiger partial charge on any atom is -0.339 e. The molecule has 1 saturated heterocycles. The maximum absolute atomic E-state index is 13.7. The van der Waals surface area contributed by atoms with Crippen molar-refractivity contribution in [1.29, 1.82) is 0 Å². The number of benzene rings is 1. The highest BCUT2D eigenvalue weighted by molar-refractivity contribution is 7.10. The van der Waals surface area contributed by atoms with Crippen LogP contribution < -0.4 is 0 Å². The summed E-state index contributed by atoms with van der Waals surface area (Å²) in [5.41, 5.74) is 1.18. The Bertz CT molecular complexity index is 881. The van der Waals surface area contributed by atoms with Gasteiger partial charge < -0.3 is 4.90 Å². The van der Waals surface area contributed by atoms with Gasteiger partial charge in [0.1, 0.15) is 0 Å². The molecule has 1 aromatic carbocycles. The topological polar surface area (TPSA) is 23.6 Å². The molecule has 0 bridgehead atoms. The molecule has 1 aliphatic heterocycles. The average Bonchev–Trinajstić information content (AvgIpc) is 3.35. The van der Waals surface area contributed by atoms with E-state index in [0.717, 1.165) is 55.6 Å². The molecule has 0 unspecified atom stereocenters. The lowest BCUT2D eigenvalue weighted by molar-refractivity contribution is -0.125. The van der Waals surface area contributed by atoms with E-state index in [1.807, 2.05) is 47.4 Å². The highest BCUT2D eigenvalue weighted by Gasteiger charge is 2.48. The standard InChI is InChI=1S/C24H29FN2OS/c1-26(2)24(20-9-10-21(25)29-20)14-12-23(13-15-24)16-17-27(18-23)22(28)11-8-19-6-4-3-5-7-19/h3-11H,12-18H2,1-2H3/b11-8+. The van der Waals surface area contributed by atoms with E-state index in [2.05, 4.69) is 19.0 Å². The Morgan fingerprint density at radius 3 is 2.41 bits per heavy atom. The van der Waals surface area contributed by atoms with E-state index >= 15 is 0 Å². The van der Waals surface area contributed by atoms with Crippen molar-refractivity contribution in [3.8, 4) is 0 Å². The van der Waals surface area contributed by atoms with Gasteiger partial charge in [0.25, 0.3) is 0 Å². The maximum Gasteiger partial charge on any atom is 0.246 e. The largest absolute Gasteiger partial charge is 0.339 e. The zero-order valence-electron chi connectivity index (χ0n) is 17.2. The highest BCUT2D eigenvalue weighted by atomic mass is 32.1. The number of hydrogen-bond acceptors (Lipinski definition) is 3. The first kappa shape index (κ1) is 20.3. The summed E-state index contributed by atoms with van der Waals surface area (Å²) in [7, 11) is 4.21. The summed E-state index contributed by atoms with van der Waals surface area (Å²) in [6, 6.07) is 13.5. The smallest absolute Gasteiger partial charge is 0.246 e. The van der Waals surface area contributed by atoms with Crippen LogP contribution in [0.1, 0.15) is 42.5 Å². The van der Waals surface area contributed by atoms with Crippen LogP contribution in [0.2, 0.25) is 0 Å². The Morgan fingerprint density at radius 2 is 1.79 bits per heavy atom. The molecule has 4 rings (SSSR count). The van der Waals surface area contributed by atoms with Crippen molar-refractivity contribution in [2.45, 2.75) is 37.6 Å². The second-order valence-electron chi connectivity index (χ2n) is 8.78. The zero-order chi connectivity index (χ0) is 20.5. The first-order chi connectivity index (χ1) is 13.9. The van der Waals surface area contributed by atoms with Crippen LogP contribution in [-0.4, -0.2) is 42.9 Å². The van der Waals surface area contributed by atoms with Crippen LogP contribution >= 0.6 is 11.3 Å². The Balaban J connectivity index is 1.41. The van der Waals surface area contributed by atoms with Gasteiger partial charge in [-0.25, -0.2) is 0 Å². The molecule has 5 heteroatoms. The summed E-state index contributed by atoms with van der Waals surface area (Å²) in [6.07, 6.45) is 8.87. The van der Waals surface area contributed by atoms with Gasteiger partial charge in [0.05, 0.1) is 5.54 Å². The Labute approximate surface area is 176 Å². The van der Waals surface area contributed by atoms with Crippen LogP contribution in [0, 0.1) is 10.5 Å². The number of hydrogen-bond donors (Lipinski definition) is 0. The molecular weight excluding hydrogens is 383 g/mol. The van der Waals surface area contributed by atoms with Crippen molar-refractivity contribution in [3.05, 3.63) is 64.1 Å². The molecule has 0 N–H and O–H groups in total. The van der Waals surface area contributed by atoms with E-state index in [4.69, 9.17) is 0 Å². The molecule has 2 aliphatic rings. The van der Waals surface area contributed by atoms with Gasteiger partial charge in [0.15, 0.2) is 5.13 Å². The summed E-state index contributed by atoms with van der Waals surface area (Å²) in [5, 5.41) is -0.107. The van der Waals surface area contributed by atoms with Gasteiger partial charge in [-0.2, -0.15) is 4.39 Å². The van der Waals surface area contributed by atoms with Crippen molar-refractivity contribution >= 4 is 23.3 Å². The Hall–Kier alpha value is -1.98. The fourth-order valence-electron chi connectivity index (χ4n) is 5.04. The van der Waals surface area contributed by atoms with Gasteiger partial charge >= 0.3 is 0 Å². The van der Waals surface area contributed by atoms with Gasteiger partial charge in [-0.05, 0) is 75.4 Å². The van der Waals surface area contributed by atoms with Crippen molar-refractivity contribution in [1.82, 2.24) is 9.80 Å². The number of likely N-dealkylation sites (tertiary alicyclic amines) is 1. The summed E-state index contributed by atoms with van der Waals surface area (Å²) in [5.74, 6) is 0.107. The number of nitrogens with zero attached hydrogens (tertiary/aromatic N) is 2. The number of halogens is 1. The molecule has 2 fully saturated rings. The second kappa shape index (κ2) is 8.04. The number of rotatable bonds is 4. The summed E-state index contributed by atoms with van der Waals surface area (Å²) >= 11 is 1.28. The monoisotopic (exact) mass is 412 g/mol. The highest BCUT2D eigenvalue weighted by Crippen LogP contribution is 2.52. The van der Waals surface area contributed by atoms with E-state index < -0.39 is 0 Å². The normalized spacial score (nSPS) is 27.4. The first-order valence-corrected chi connectivity index (χ1v) is 11.2. The third-order valence-electron chi connectivity index (χ3n) is 6.99. The molecule has 3 nitrogen and oxygen atoms in total. The predicted octanol–water partition coefficient (Wildman–Crippen LogP) is 5.15. The molecule has 1 aromatic heterocycles. The molecule has 1 spiro atoms. The van der Waals surface area contributed by atoms with E-state index in [1.54, 1.807) is 12.1 Å². The van der Waals surface area contributed by atoms with Crippen molar-refractivity contribution in [2.75, 3.05) is 27.2 Å². The number of carbonyl (C=O) groups is 1. The molecular formula is C24H29FN2OS. The van der Waals surface area contributed by atoms with Gasteiger partial charge in [-0.1, -0.05) is 30.3 Å². The summed E-state index contributed by atoms with van der Waals surface area (Å²) in [4.78, 5) is 18.1. The molecule has 1 amide bonds. The second-order valence-corrected chi connectivity index (χ2v) is 9.82. The van der Waals surface area contributed by atoms with E-state index in [1.165, 1.54) is 11.3 Å². The quantitative estimate of drug-likeness (QED) is 0.649. The molecule has 0 atom stereocenters. The Morgan fingerprint density at radius 1 is 1.07 bits per heavy atom. The van der Waals surface area contributed by atoms with E-state index in [9.17, 15) is 9.18 Å². The van der Waals surface area contributed by atoms with Crippen LogP contribution in [0.15, 0.2) is 48.5 Å². The summed E-state index contributed by atoms with van der Waals surface area (Å²) in [6.45, 7) is 1.67. The molecule has 154 valence electrons. The van der Waals surface area contributed by atoms with E-state index in [-0.39, 0.29) is 22.0 Å². The molecule has 2 heterocycles. The molecule has 2 aromatic rings. The lowest BCUT2D eigenvalue weighted by atomic mass is 9.66. The Kier molecular flexibility index (Phi) is 5.63. The third-order valence-corrected chi connectivity index (χ3v) is 8.06. The lowest BCUT2D eigenvalue weighted by Gasteiger charge is -2.48. The number of thiophene rings is 1. The molecule has 1 aliphatic carbocycles. The van der Waals surface area contributed by atoms with Gasteiger partial charge in [-0.3, -0.25) is 9.69 Å². The average molecular weight is 413 g/mol.